The third kappa shape index (κ3) is 20.1. The average molecular weight is 414 g/mol. The van der Waals surface area contributed by atoms with E-state index in [0.29, 0.717) is 19.4 Å². The average Bonchev–Trinajstić information content (AvgIpc) is 2.70. The molecule has 0 amide bonds. The molecule has 0 saturated carbocycles. The molecule has 1 N–H and O–H groups in total. The summed E-state index contributed by atoms with van der Waals surface area (Å²) in [4.78, 5) is 24.6. The molecule has 0 aliphatic carbocycles. The van der Waals surface area contributed by atoms with Gasteiger partial charge in [-0.3, -0.25) is 4.79 Å². The highest BCUT2D eigenvalue weighted by atomic mass is 16.5. The molecule has 0 aromatic carbocycles. The number of unbranched alkanes of at least 4 members (excludes halogenated alkanes) is 10. The number of hydrogen-bond donors (Lipinski definition) is 1. The Hall–Kier alpha value is -0.940. The van der Waals surface area contributed by atoms with E-state index in [9.17, 15) is 14.7 Å². The van der Waals surface area contributed by atoms with Crippen LogP contribution in [0.25, 0.3) is 0 Å². The van der Waals surface area contributed by atoms with E-state index in [2.05, 4.69) is 11.8 Å². The summed E-state index contributed by atoms with van der Waals surface area (Å²) in [6.07, 6.45) is 16.7. The molecule has 0 radical (unpaired) electrons. The van der Waals surface area contributed by atoms with Crippen LogP contribution in [-0.2, 0) is 14.3 Å². The first-order valence-electron chi connectivity index (χ1n) is 12.1. The van der Waals surface area contributed by atoms with Crippen molar-refractivity contribution in [1.29, 1.82) is 0 Å². The fraction of sp³-hybridized carbons (Fsp3) is 0.917. The van der Waals surface area contributed by atoms with Gasteiger partial charge in [0, 0.05) is 19.4 Å². The van der Waals surface area contributed by atoms with Gasteiger partial charge in [0.15, 0.2) is 0 Å². The molecule has 5 nitrogen and oxygen atoms in total. The lowest BCUT2D eigenvalue weighted by molar-refractivity contribution is -0.148. The minimum Gasteiger partial charge on any atom is -0.463 e. The number of hydrogen-bond acceptors (Lipinski definition) is 5. The van der Waals surface area contributed by atoms with Crippen molar-refractivity contribution in [3.05, 3.63) is 0 Å². The molecule has 0 aromatic heterocycles. The second kappa shape index (κ2) is 21.8. The Labute approximate surface area is 179 Å². The fourth-order valence-corrected chi connectivity index (χ4v) is 3.55. The Morgan fingerprint density at radius 2 is 1.52 bits per heavy atom. The van der Waals surface area contributed by atoms with Gasteiger partial charge in [-0.15, -0.1) is 0 Å². The number of aliphatic hydroxyl groups excluding tert-OH is 1. The van der Waals surface area contributed by atoms with Crippen LogP contribution in [0.15, 0.2) is 0 Å². The predicted octanol–water partition coefficient (Wildman–Crippen LogP) is 5.28. The molecule has 0 fully saturated rings. The summed E-state index contributed by atoms with van der Waals surface area (Å²) < 4.78 is 5.52. The van der Waals surface area contributed by atoms with E-state index >= 15 is 0 Å². The Bertz CT molecular complexity index is 376. The molecule has 0 aliphatic heterocycles. The van der Waals surface area contributed by atoms with Gasteiger partial charge >= 0.3 is 5.97 Å². The zero-order valence-electron chi connectivity index (χ0n) is 19.2. The van der Waals surface area contributed by atoms with Gasteiger partial charge in [-0.1, -0.05) is 51.9 Å². The fourth-order valence-electron chi connectivity index (χ4n) is 3.55. The van der Waals surface area contributed by atoms with Gasteiger partial charge in [-0.25, -0.2) is 0 Å². The zero-order chi connectivity index (χ0) is 21.6. The van der Waals surface area contributed by atoms with Crippen molar-refractivity contribution in [3.8, 4) is 0 Å². The van der Waals surface area contributed by atoms with Crippen LogP contribution in [0.4, 0.5) is 0 Å². The Morgan fingerprint density at radius 1 is 0.897 bits per heavy atom. The van der Waals surface area contributed by atoms with Gasteiger partial charge < -0.3 is 19.5 Å². The highest BCUT2D eigenvalue weighted by molar-refractivity contribution is 5.69. The largest absolute Gasteiger partial charge is 0.463 e. The quantitative estimate of drug-likeness (QED) is 0.148. The van der Waals surface area contributed by atoms with Crippen molar-refractivity contribution < 1.29 is 19.4 Å². The van der Waals surface area contributed by atoms with Crippen LogP contribution < -0.4 is 0 Å². The Kier molecular flexibility index (Phi) is 21.1. The SMILES string of the molecule is CCCCCCCCC(C)OC(=O)CCCCCN(CCO)CCCCCC=O. The minimum absolute atomic E-state index is 0.0351. The van der Waals surface area contributed by atoms with Crippen LogP contribution in [-0.4, -0.2) is 54.6 Å². The summed E-state index contributed by atoms with van der Waals surface area (Å²) >= 11 is 0. The standard InChI is InChI=1S/C24H47NO4/c1-3-4-5-6-7-11-16-23(2)29-24(28)17-12-10-14-19-25(20-22-27)18-13-8-9-15-21-26/h21,23,27H,3-20,22H2,1-2H3. The van der Waals surface area contributed by atoms with Gasteiger partial charge in [0.05, 0.1) is 12.7 Å². The molecule has 29 heavy (non-hydrogen) atoms. The minimum atomic E-state index is -0.0640. The third-order valence-corrected chi connectivity index (χ3v) is 5.36. The first-order chi connectivity index (χ1) is 14.1. The molecule has 5 heteroatoms. The van der Waals surface area contributed by atoms with Crippen LogP contribution >= 0.6 is 0 Å². The van der Waals surface area contributed by atoms with Crippen LogP contribution in [0.1, 0.15) is 110 Å². The molecule has 1 atom stereocenters. The summed E-state index contributed by atoms with van der Waals surface area (Å²) in [5.74, 6) is -0.0640. The maximum absolute atomic E-state index is 12.0. The highest BCUT2D eigenvalue weighted by Gasteiger charge is 2.09. The lowest BCUT2D eigenvalue weighted by Gasteiger charge is -2.21. The predicted molar refractivity (Wildman–Crippen MR) is 120 cm³/mol. The van der Waals surface area contributed by atoms with E-state index < -0.39 is 0 Å². The van der Waals surface area contributed by atoms with Gasteiger partial charge in [-0.05, 0) is 58.5 Å². The molecule has 1 unspecified atom stereocenters. The highest BCUT2D eigenvalue weighted by Crippen LogP contribution is 2.12. The second-order valence-corrected chi connectivity index (χ2v) is 8.25. The van der Waals surface area contributed by atoms with E-state index in [1.54, 1.807) is 0 Å². The van der Waals surface area contributed by atoms with Gasteiger partial charge in [0.1, 0.15) is 6.29 Å². The van der Waals surface area contributed by atoms with Crippen molar-refractivity contribution in [2.45, 2.75) is 116 Å². The summed E-state index contributed by atoms with van der Waals surface area (Å²) in [5.41, 5.74) is 0. The molecular formula is C24H47NO4. The van der Waals surface area contributed by atoms with Crippen LogP contribution in [0.2, 0.25) is 0 Å². The third-order valence-electron chi connectivity index (χ3n) is 5.36. The summed E-state index contributed by atoms with van der Waals surface area (Å²) in [6, 6.07) is 0. The number of ether oxygens (including phenoxy) is 1. The van der Waals surface area contributed by atoms with Gasteiger partial charge in [0.2, 0.25) is 0 Å². The molecule has 0 aromatic rings. The number of carbonyl (C=O) groups is 2. The normalized spacial score (nSPS) is 12.3. The number of nitrogens with zero attached hydrogens (tertiary/aromatic N) is 1. The molecule has 0 heterocycles. The second-order valence-electron chi connectivity index (χ2n) is 8.25. The maximum atomic E-state index is 12.0. The molecule has 0 bridgehead atoms. The zero-order valence-corrected chi connectivity index (χ0v) is 19.2. The number of aldehydes is 1. The number of carbonyl (C=O) groups excluding carboxylic acids is 2. The smallest absolute Gasteiger partial charge is 0.306 e. The molecule has 0 rings (SSSR count). The summed E-state index contributed by atoms with van der Waals surface area (Å²) in [6.45, 7) is 7.04. The van der Waals surface area contributed by atoms with Crippen molar-refractivity contribution in [2.75, 3.05) is 26.2 Å². The number of rotatable bonds is 22. The topological polar surface area (TPSA) is 66.8 Å². The lowest BCUT2D eigenvalue weighted by Crippen LogP contribution is -2.29. The molecule has 172 valence electrons. The Balaban J connectivity index is 3.66. The number of esters is 1. The first-order valence-corrected chi connectivity index (χ1v) is 12.1. The van der Waals surface area contributed by atoms with Crippen molar-refractivity contribution in [3.63, 3.8) is 0 Å². The molecule has 0 aliphatic rings. The molecular weight excluding hydrogens is 366 g/mol. The van der Waals surface area contributed by atoms with E-state index in [4.69, 9.17) is 4.74 Å². The molecule has 0 saturated heterocycles. The van der Waals surface area contributed by atoms with Crippen molar-refractivity contribution >= 4 is 12.3 Å². The monoisotopic (exact) mass is 413 g/mol. The maximum Gasteiger partial charge on any atom is 0.306 e. The van der Waals surface area contributed by atoms with Crippen LogP contribution in [0.5, 0.6) is 0 Å². The lowest BCUT2D eigenvalue weighted by atomic mass is 10.1. The Morgan fingerprint density at radius 3 is 2.17 bits per heavy atom. The van der Waals surface area contributed by atoms with E-state index in [0.717, 1.165) is 70.7 Å². The summed E-state index contributed by atoms with van der Waals surface area (Å²) in [5, 5.41) is 9.20. The van der Waals surface area contributed by atoms with Gasteiger partial charge in [0.25, 0.3) is 0 Å². The van der Waals surface area contributed by atoms with E-state index in [1.165, 1.54) is 32.1 Å². The van der Waals surface area contributed by atoms with Crippen molar-refractivity contribution in [2.24, 2.45) is 0 Å². The van der Waals surface area contributed by atoms with Gasteiger partial charge in [-0.2, -0.15) is 0 Å². The summed E-state index contributed by atoms with van der Waals surface area (Å²) in [7, 11) is 0. The number of aliphatic hydroxyl groups is 1. The molecule has 0 spiro atoms. The van der Waals surface area contributed by atoms with E-state index in [-0.39, 0.29) is 18.7 Å². The van der Waals surface area contributed by atoms with E-state index in [1.807, 2.05) is 6.92 Å². The van der Waals surface area contributed by atoms with Crippen LogP contribution in [0, 0.1) is 0 Å². The van der Waals surface area contributed by atoms with Crippen molar-refractivity contribution in [1.82, 2.24) is 4.90 Å². The first kappa shape index (κ1) is 28.1. The van der Waals surface area contributed by atoms with Crippen LogP contribution in [0.3, 0.4) is 0 Å².